The summed E-state index contributed by atoms with van der Waals surface area (Å²) in [6.45, 7) is 10.9. The van der Waals surface area contributed by atoms with Gasteiger partial charge in [-0.1, -0.05) is 0 Å². The van der Waals surface area contributed by atoms with Crippen LogP contribution in [-0.4, -0.2) is 59.9 Å². The number of nitrogens with one attached hydrogen (secondary N) is 2. The maximum Gasteiger partial charge on any atom is 0.193 e. The summed E-state index contributed by atoms with van der Waals surface area (Å²) in [5.74, 6) is 1.05. The standard InChI is InChI=1S/C17H31N5O.HI/c1-4-18-17(22-11-8-16(9-12-22)23-5-2)19-10-6-7-15-13-20-21-14(15)3;/h13,16H,4-12H2,1-3H3,(H,18,19)(H,20,21);1H. The molecule has 0 saturated carbocycles. The predicted molar refractivity (Wildman–Crippen MR) is 109 cm³/mol. The zero-order valence-electron chi connectivity index (χ0n) is 15.2. The molecule has 0 amide bonds. The first-order valence-electron chi connectivity index (χ1n) is 8.88. The van der Waals surface area contributed by atoms with Crippen LogP contribution in [0, 0.1) is 6.92 Å². The maximum atomic E-state index is 5.73. The number of aliphatic imine (C=N–C) groups is 1. The Bertz CT molecular complexity index is 483. The summed E-state index contributed by atoms with van der Waals surface area (Å²) in [7, 11) is 0. The molecular formula is C17H32IN5O. The second kappa shape index (κ2) is 11.7. The molecule has 0 unspecified atom stereocenters. The average Bonchev–Trinajstić information content (AvgIpc) is 2.97. The van der Waals surface area contributed by atoms with E-state index < -0.39 is 0 Å². The van der Waals surface area contributed by atoms with Crippen molar-refractivity contribution in [1.29, 1.82) is 0 Å². The molecule has 1 saturated heterocycles. The lowest BCUT2D eigenvalue weighted by molar-refractivity contribution is 0.0264. The number of aromatic amines is 1. The molecule has 0 bridgehead atoms. The lowest BCUT2D eigenvalue weighted by Gasteiger charge is -2.34. The number of nitrogens with zero attached hydrogens (tertiary/aromatic N) is 3. The van der Waals surface area contributed by atoms with Crippen molar-refractivity contribution < 1.29 is 4.74 Å². The number of aromatic nitrogens is 2. The Labute approximate surface area is 162 Å². The van der Waals surface area contributed by atoms with Crippen molar-refractivity contribution >= 4 is 29.9 Å². The minimum absolute atomic E-state index is 0. The van der Waals surface area contributed by atoms with Crippen LogP contribution in [0.5, 0.6) is 0 Å². The Kier molecular flexibility index (Phi) is 10.3. The Morgan fingerprint density at radius 1 is 1.42 bits per heavy atom. The van der Waals surface area contributed by atoms with E-state index >= 15 is 0 Å². The SMILES string of the molecule is CCNC(=NCCCc1cn[nH]c1C)N1CCC(OCC)CC1.I. The van der Waals surface area contributed by atoms with Crippen LogP contribution < -0.4 is 5.32 Å². The molecule has 0 spiro atoms. The van der Waals surface area contributed by atoms with Crippen LogP contribution >= 0.6 is 24.0 Å². The van der Waals surface area contributed by atoms with Crippen molar-refractivity contribution in [2.24, 2.45) is 4.99 Å². The third-order valence-electron chi connectivity index (χ3n) is 4.28. The molecular weight excluding hydrogens is 417 g/mol. The minimum atomic E-state index is 0. The first-order valence-corrected chi connectivity index (χ1v) is 8.88. The van der Waals surface area contributed by atoms with Crippen LogP contribution in [0.3, 0.4) is 0 Å². The molecule has 6 nitrogen and oxygen atoms in total. The molecule has 2 rings (SSSR count). The summed E-state index contributed by atoms with van der Waals surface area (Å²) in [6, 6.07) is 0. The van der Waals surface area contributed by atoms with Crippen molar-refractivity contribution in [2.75, 3.05) is 32.8 Å². The second-order valence-electron chi connectivity index (χ2n) is 6.00. The average molecular weight is 449 g/mol. The molecule has 1 aliphatic heterocycles. The molecule has 0 atom stereocenters. The number of piperidine rings is 1. The summed E-state index contributed by atoms with van der Waals surface area (Å²) >= 11 is 0. The van der Waals surface area contributed by atoms with Gasteiger partial charge in [-0.25, -0.2) is 0 Å². The van der Waals surface area contributed by atoms with Crippen LogP contribution in [-0.2, 0) is 11.2 Å². The van der Waals surface area contributed by atoms with Gasteiger partial charge in [0.25, 0.3) is 0 Å². The van der Waals surface area contributed by atoms with E-state index in [1.165, 1.54) is 11.3 Å². The van der Waals surface area contributed by atoms with Gasteiger partial charge in [0.2, 0.25) is 0 Å². The number of hydrogen-bond acceptors (Lipinski definition) is 3. The highest BCUT2D eigenvalue weighted by molar-refractivity contribution is 14.0. The fourth-order valence-corrected chi connectivity index (χ4v) is 2.98. The van der Waals surface area contributed by atoms with Crippen molar-refractivity contribution in [1.82, 2.24) is 20.4 Å². The zero-order chi connectivity index (χ0) is 16.5. The summed E-state index contributed by atoms with van der Waals surface area (Å²) in [6.07, 6.45) is 6.59. The van der Waals surface area contributed by atoms with Gasteiger partial charge in [-0.2, -0.15) is 5.10 Å². The van der Waals surface area contributed by atoms with Crippen molar-refractivity contribution in [2.45, 2.75) is 52.6 Å². The van der Waals surface area contributed by atoms with Crippen LogP contribution in [0.15, 0.2) is 11.2 Å². The van der Waals surface area contributed by atoms with Crippen molar-refractivity contribution in [3.63, 3.8) is 0 Å². The quantitative estimate of drug-likeness (QED) is 0.291. The van der Waals surface area contributed by atoms with E-state index in [4.69, 9.17) is 9.73 Å². The van der Waals surface area contributed by atoms with Crippen LogP contribution in [0.25, 0.3) is 0 Å². The van der Waals surface area contributed by atoms with Gasteiger partial charge >= 0.3 is 0 Å². The summed E-state index contributed by atoms with van der Waals surface area (Å²) < 4.78 is 5.73. The molecule has 2 N–H and O–H groups in total. The fourth-order valence-electron chi connectivity index (χ4n) is 2.98. The molecule has 1 aromatic heterocycles. The van der Waals surface area contributed by atoms with Crippen LogP contribution in [0.1, 0.15) is 44.4 Å². The smallest absolute Gasteiger partial charge is 0.193 e. The first kappa shape index (κ1) is 21.2. The number of likely N-dealkylation sites (tertiary alicyclic amines) is 1. The van der Waals surface area contributed by atoms with Gasteiger partial charge in [-0.3, -0.25) is 10.1 Å². The number of ether oxygens (including phenoxy) is 1. The number of aryl methyl sites for hydroxylation is 2. The van der Waals surface area contributed by atoms with E-state index in [0.29, 0.717) is 6.10 Å². The highest BCUT2D eigenvalue weighted by atomic mass is 127. The number of rotatable bonds is 7. The predicted octanol–water partition coefficient (Wildman–Crippen LogP) is 2.74. The van der Waals surface area contributed by atoms with E-state index in [-0.39, 0.29) is 24.0 Å². The molecule has 1 aromatic rings. The van der Waals surface area contributed by atoms with Crippen molar-refractivity contribution in [3.05, 3.63) is 17.5 Å². The monoisotopic (exact) mass is 449 g/mol. The van der Waals surface area contributed by atoms with E-state index in [1.807, 2.05) is 6.20 Å². The summed E-state index contributed by atoms with van der Waals surface area (Å²) in [5, 5.41) is 10.5. The van der Waals surface area contributed by atoms with E-state index in [1.54, 1.807) is 0 Å². The molecule has 0 radical (unpaired) electrons. The number of guanidine groups is 1. The van der Waals surface area contributed by atoms with Gasteiger partial charge in [0.15, 0.2) is 5.96 Å². The molecule has 2 heterocycles. The van der Waals surface area contributed by atoms with E-state index in [2.05, 4.69) is 41.2 Å². The lowest BCUT2D eigenvalue weighted by atomic mass is 10.1. The van der Waals surface area contributed by atoms with E-state index in [0.717, 1.165) is 64.4 Å². The molecule has 138 valence electrons. The Morgan fingerprint density at radius 3 is 2.75 bits per heavy atom. The number of hydrogen-bond donors (Lipinski definition) is 2. The van der Waals surface area contributed by atoms with Crippen molar-refractivity contribution in [3.8, 4) is 0 Å². The number of halogens is 1. The summed E-state index contributed by atoms with van der Waals surface area (Å²) in [4.78, 5) is 7.16. The van der Waals surface area contributed by atoms with Gasteiger partial charge < -0.3 is 15.0 Å². The van der Waals surface area contributed by atoms with Gasteiger partial charge in [0, 0.05) is 38.5 Å². The Hall–Kier alpha value is -0.830. The molecule has 1 aliphatic rings. The molecule has 0 aromatic carbocycles. The highest BCUT2D eigenvalue weighted by Crippen LogP contribution is 2.14. The van der Waals surface area contributed by atoms with Gasteiger partial charge in [-0.15, -0.1) is 24.0 Å². The molecule has 7 heteroatoms. The van der Waals surface area contributed by atoms with E-state index in [9.17, 15) is 0 Å². The largest absolute Gasteiger partial charge is 0.378 e. The van der Waals surface area contributed by atoms with Crippen LogP contribution in [0.2, 0.25) is 0 Å². The first-order chi connectivity index (χ1) is 11.2. The topological polar surface area (TPSA) is 65.5 Å². The third kappa shape index (κ3) is 6.58. The Morgan fingerprint density at radius 2 is 2.17 bits per heavy atom. The molecule has 24 heavy (non-hydrogen) atoms. The van der Waals surface area contributed by atoms with Gasteiger partial charge in [0.05, 0.1) is 12.3 Å². The van der Waals surface area contributed by atoms with Crippen LogP contribution in [0.4, 0.5) is 0 Å². The Balaban J connectivity index is 0.00000288. The molecule has 0 aliphatic carbocycles. The van der Waals surface area contributed by atoms with Gasteiger partial charge in [-0.05, 0) is 52.0 Å². The third-order valence-corrected chi connectivity index (χ3v) is 4.28. The summed E-state index contributed by atoms with van der Waals surface area (Å²) in [5.41, 5.74) is 2.46. The number of H-pyrrole nitrogens is 1. The lowest BCUT2D eigenvalue weighted by Crippen LogP contribution is -2.47. The normalized spacial score (nSPS) is 16.1. The maximum absolute atomic E-state index is 5.73. The minimum Gasteiger partial charge on any atom is -0.378 e. The zero-order valence-corrected chi connectivity index (χ0v) is 17.5. The molecule has 1 fully saturated rings. The highest BCUT2D eigenvalue weighted by Gasteiger charge is 2.21. The van der Waals surface area contributed by atoms with Gasteiger partial charge in [0.1, 0.15) is 0 Å². The fraction of sp³-hybridized carbons (Fsp3) is 0.765. The second-order valence-corrected chi connectivity index (χ2v) is 6.00.